The zero-order valence-corrected chi connectivity index (χ0v) is 8.79. The molecule has 11 heavy (non-hydrogen) atoms. The lowest BCUT2D eigenvalue weighted by Crippen LogP contribution is -2.34. The topological polar surface area (TPSA) is 0 Å². The fourth-order valence-corrected chi connectivity index (χ4v) is 1.85. The lowest BCUT2D eigenvalue weighted by atomic mass is 9.92. The largest absolute Gasteiger partial charge is 0.253 e. The highest BCUT2D eigenvalue weighted by atomic mass is 79.9. The van der Waals surface area contributed by atoms with Gasteiger partial charge in [0, 0.05) is 17.2 Å². The first-order chi connectivity index (χ1) is 4.96. The third-order valence-electron chi connectivity index (χ3n) is 1.99. The first-order valence-electron chi connectivity index (χ1n) is 3.90. The molecular formula is C8H15BrF2. The van der Waals surface area contributed by atoms with Gasteiger partial charge in [0.1, 0.15) is 0 Å². The van der Waals surface area contributed by atoms with Gasteiger partial charge in [-0.2, -0.15) is 0 Å². The molecule has 0 heterocycles. The van der Waals surface area contributed by atoms with Crippen molar-refractivity contribution in [1.82, 2.24) is 0 Å². The number of hydrogen-bond acceptors (Lipinski definition) is 0. The van der Waals surface area contributed by atoms with Crippen LogP contribution in [0, 0.1) is 11.8 Å². The van der Waals surface area contributed by atoms with Gasteiger partial charge in [-0.25, -0.2) is 8.78 Å². The Morgan fingerprint density at radius 2 is 1.82 bits per heavy atom. The molecule has 0 amide bonds. The van der Waals surface area contributed by atoms with Crippen molar-refractivity contribution in [1.29, 1.82) is 0 Å². The average Bonchev–Trinajstić information content (AvgIpc) is 1.89. The molecule has 0 bridgehead atoms. The molecule has 0 nitrogen and oxygen atoms in total. The van der Waals surface area contributed by atoms with E-state index in [9.17, 15) is 8.78 Å². The molecule has 0 aromatic heterocycles. The molecule has 0 saturated heterocycles. The van der Waals surface area contributed by atoms with E-state index in [1.54, 1.807) is 20.8 Å². The summed E-state index contributed by atoms with van der Waals surface area (Å²) in [4.78, 5) is 0. The van der Waals surface area contributed by atoms with Crippen molar-refractivity contribution in [3.8, 4) is 0 Å². The third-order valence-corrected chi connectivity index (χ3v) is 2.77. The lowest BCUT2D eigenvalue weighted by Gasteiger charge is -2.27. The zero-order chi connectivity index (χ0) is 9.07. The van der Waals surface area contributed by atoms with E-state index in [1.165, 1.54) is 0 Å². The molecule has 0 aliphatic carbocycles. The molecule has 0 rings (SSSR count). The fraction of sp³-hybridized carbons (Fsp3) is 1.00. The molecule has 0 fully saturated rings. The summed E-state index contributed by atoms with van der Waals surface area (Å²) in [5.74, 6) is -3.62. The van der Waals surface area contributed by atoms with Crippen molar-refractivity contribution in [2.75, 3.05) is 5.33 Å². The van der Waals surface area contributed by atoms with Gasteiger partial charge in [0.2, 0.25) is 0 Å². The SMILES string of the molecule is CCC(CBr)C(F)(F)C(C)C. The summed E-state index contributed by atoms with van der Waals surface area (Å²) < 4.78 is 26.4. The number of halogens is 3. The predicted molar refractivity (Wildman–Crippen MR) is 47.4 cm³/mol. The van der Waals surface area contributed by atoms with E-state index in [1.807, 2.05) is 0 Å². The van der Waals surface area contributed by atoms with Crippen LogP contribution < -0.4 is 0 Å². The molecule has 0 aliphatic rings. The molecule has 0 saturated carbocycles. The highest BCUT2D eigenvalue weighted by Crippen LogP contribution is 2.35. The average molecular weight is 229 g/mol. The Labute approximate surface area is 75.5 Å². The lowest BCUT2D eigenvalue weighted by molar-refractivity contribution is -0.0905. The molecule has 68 valence electrons. The van der Waals surface area contributed by atoms with Crippen LogP contribution in [-0.2, 0) is 0 Å². The van der Waals surface area contributed by atoms with E-state index in [4.69, 9.17) is 0 Å². The highest BCUT2D eigenvalue weighted by Gasteiger charge is 2.40. The van der Waals surface area contributed by atoms with Crippen LogP contribution in [-0.4, -0.2) is 11.3 Å². The second-order valence-corrected chi connectivity index (χ2v) is 3.74. The van der Waals surface area contributed by atoms with Gasteiger partial charge in [-0.1, -0.05) is 36.7 Å². The summed E-state index contributed by atoms with van der Waals surface area (Å²) in [6.07, 6.45) is 0.524. The van der Waals surface area contributed by atoms with E-state index in [2.05, 4.69) is 15.9 Å². The van der Waals surface area contributed by atoms with Crippen molar-refractivity contribution in [3.05, 3.63) is 0 Å². The zero-order valence-electron chi connectivity index (χ0n) is 7.20. The quantitative estimate of drug-likeness (QED) is 0.645. The van der Waals surface area contributed by atoms with E-state index in [0.717, 1.165) is 0 Å². The molecule has 0 aliphatic heterocycles. The maximum Gasteiger partial charge on any atom is 0.253 e. The summed E-state index contributed by atoms with van der Waals surface area (Å²) in [6.45, 7) is 4.92. The molecule has 0 spiro atoms. The van der Waals surface area contributed by atoms with Crippen LogP contribution in [0.5, 0.6) is 0 Å². The second-order valence-electron chi connectivity index (χ2n) is 3.09. The molecular weight excluding hydrogens is 214 g/mol. The summed E-state index contributed by atoms with van der Waals surface area (Å²) in [5.41, 5.74) is 0. The van der Waals surface area contributed by atoms with Crippen LogP contribution in [0.25, 0.3) is 0 Å². The normalized spacial score (nSPS) is 15.5. The smallest absolute Gasteiger partial charge is 0.206 e. The van der Waals surface area contributed by atoms with Gasteiger partial charge in [0.05, 0.1) is 0 Å². The van der Waals surface area contributed by atoms with Crippen LogP contribution in [0.1, 0.15) is 27.2 Å². The maximum absolute atomic E-state index is 13.2. The fourth-order valence-electron chi connectivity index (χ4n) is 0.956. The minimum absolute atomic E-state index is 0.384. The highest BCUT2D eigenvalue weighted by molar-refractivity contribution is 9.09. The molecule has 0 radical (unpaired) electrons. The van der Waals surface area contributed by atoms with E-state index < -0.39 is 17.8 Å². The monoisotopic (exact) mass is 228 g/mol. The van der Waals surface area contributed by atoms with Crippen molar-refractivity contribution >= 4 is 15.9 Å². The Bertz CT molecular complexity index is 109. The van der Waals surface area contributed by atoms with E-state index in [-0.39, 0.29) is 0 Å². The minimum atomic E-state index is -2.53. The summed E-state index contributed by atoms with van der Waals surface area (Å²) >= 11 is 3.10. The van der Waals surface area contributed by atoms with Crippen molar-refractivity contribution in [2.24, 2.45) is 11.8 Å². The number of alkyl halides is 3. The Hall–Kier alpha value is 0.340. The first kappa shape index (κ1) is 11.3. The first-order valence-corrected chi connectivity index (χ1v) is 5.02. The van der Waals surface area contributed by atoms with Gasteiger partial charge >= 0.3 is 0 Å². The van der Waals surface area contributed by atoms with Crippen LogP contribution in [0.2, 0.25) is 0 Å². The molecule has 1 unspecified atom stereocenters. The Morgan fingerprint density at radius 1 is 1.36 bits per heavy atom. The molecule has 0 N–H and O–H groups in total. The second kappa shape index (κ2) is 4.39. The summed E-state index contributed by atoms with van der Waals surface area (Å²) in [5, 5.41) is 0.384. The van der Waals surface area contributed by atoms with Gasteiger partial charge in [-0.05, 0) is 6.42 Å². The maximum atomic E-state index is 13.2. The van der Waals surface area contributed by atoms with Gasteiger partial charge in [0.15, 0.2) is 0 Å². The van der Waals surface area contributed by atoms with E-state index in [0.29, 0.717) is 11.8 Å². The third kappa shape index (κ3) is 2.69. The standard InChI is InChI=1S/C8H15BrF2/c1-4-7(5-9)8(10,11)6(2)3/h6-7H,4-5H2,1-3H3. The van der Waals surface area contributed by atoms with E-state index >= 15 is 0 Å². The molecule has 0 aromatic rings. The molecule has 3 heteroatoms. The Balaban J connectivity index is 4.24. The van der Waals surface area contributed by atoms with Crippen molar-refractivity contribution in [3.63, 3.8) is 0 Å². The van der Waals surface area contributed by atoms with Crippen LogP contribution in [0.3, 0.4) is 0 Å². The Morgan fingerprint density at radius 3 is 1.91 bits per heavy atom. The Kier molecular flexibility index (Phi) is 4.52. The minimum Gasteiger partial charge on any atom is -0.206 e. The summed E-state index contributed by atoms with van der Waals surface area (Å²) in [6, 6.07) is 0. The van der Waals surface area contributed by atoms with Crippen LogP contribution >= 0.6 is 15.9 Å². The van der Waals surface area contributed by atoms with Crippen LogP contribution in [0.4, 0.5) is 8.78 Å². The van der Waals surface area contributed by atoms with Gasteiger partial charge in [-0.3, -0.25) is 0 Å². The number of hydrogen-bond donors (Lipinski definition) is 0. The molecule has 0 aromatic carbocycles. The summed E-state index contributed by atoms with van der Waals surface area (Å²) in [7, 11) is 0. The molecule has 1 atom stereocenters. The van der Waals surface area contributed by atoms with Crippen LogP contribution in [0.15, 0.2) is 0 Å². The van der Waals surface area contributed by atoms with Gasteiger partial charge in [-0.15, -0.1) is 0 Å². The van der Waals surface area contributed by atoms with Crippen molar-refractivity contribution in [2.45, 2.75) is 33.1 Å². The van der Waals surface area contributed by atoms with Gasteiger partial charge < -0.3 is 0 Å². The predicted octanol–water partition coefficient (Wildman–Crippen LogP) is 3.70. The van der Waals surface area contributed by atoms with Gasteiger partial charge in [0.25, 0.3) is 5.92 Å². The van der Waals surface area contributed by atoms with Crippen molar-refractivity contribution < 1.29 is 8.78 Å². The number of rotatable bonds is 4.